The zero-order chi connectivity index (χ0) is 13.8. The first kappa shape index (κ1) is 14.2. The highest BCUT2D eigenvalue weighted by atomic mass is 16.2. The van der Waals surface area contributed by atoms with Crippen LogP contribution in [-0.2, 0) is 16.8 Å². The van der Waals surface area contributed by atoms with Gasteiger partial charge in [0.1, 0.15) is 6.42 Å². The van der Waals surface area contributed by atoms with Crippen LogP contribution in [0.3, 0.4) is 0 Å². The summed E-state index contributed by atoms with van der Waals surface area (Å²) in [6.45, 7) is 7.06. The summed E-state index contributed by atoms with van der Waals surface area (Å²) in [7, 11) is 1.72. The molecule has 3 nitrogen and oxygen atoms in total. The van der Waals surface area contributed by atoms with Crippen molar-refractivity contribution in [2.45, 2.75) is 39.2 Å². The lowest BCUT2D eigenvalue weighted by Crippen LogP contribution is -2.25. The minimum absolute atomic E-state index is 0.0590. The first-order valence-corrected chi connectivity index (χ1v) is 6.05. The summed E-state index contributed by atoms with van der Waals surface area (Å²) < 4.78 is 0. The molecule has 0 saturated carbocycles. The van der Waals surface area contributed by atoms with Crippen LogP contribution in [0.2, 0.25) is 0 Å². The minimum Gasteiger partial charge on any atom is -0.341 e. The maximum atomic E-state index is 11.5. The summed E-state index contributed by atoms with van der Waals surface area (Å²) >= 11 is 0. The molecule has 1 aromatic rings. The van der Waals surface area contributed by atoms with Crippen molar-refractivity contribution in [3.05, 3.63) is 35.4 Å². The van der Waals surface area contributed by atoms with Crippen LogP contribution in [0.5, 0.6) is 0 Å². The molecule has 0 atom stereocenters. The predicted octanol–water partition coefficient (Wildman–Crippen LogP) is 2.86. The maximum Gasteiger partial charge on any atom is 0.236 e. The number of amides is 1. The average Bonchev–Trinajstić information content (AvgIpc) is 2.28. The van der Waals surface area contributed by atoms with Crippen molar-refractivity contribution in [1.82, 2.24) is 4.90 Å². The Kier molecular flexibility index (Phi) is 4.49. The highest BCUT2D eigenvalue weighted by Crippen LogP contribution is 2.22. The van der Waals surface area contributed by atoms with E-state index in [1.807, 2.05) is 18.2 Å². The van der Waals surface area contributed by atoms with E-state index < -0.39 is 0 Å². The van der Waals surface area contributed by atoms with Crippen LogP contribution in [0.25, 0.3) is 0 Å². The van der Waals surface area contributed by atoms with Crippen LogP contribution in [0, 0.1) is 11.3 Å². The molecule has 0 spiro atoms. The van der Waals surface area contributed by atoms with E-state index in [4.69, 9.17) is 5.26 Å². The van der Waals surface area contributed by atoms with Gasteiger partial charge in [-0.3, -0.25) is 4.79 Å². The van der Waals surface area contributed by atoms with E-state index in [9.17, 15) is 4.79 Å². The fourth-order valence-electron chi connectivity index (χ4n) is 1.67. The van der Waals surface area contributed by atoms with E-state index in [-0.39, 0.29) is 17.7 Å². The van der Waals surface area contributed by atoms with E-state index in [1.54, 1.807) is 11.9 Å². The number of nitriles is 1. The summed E-state index contributed by atoms with van der Waals surface area (Å²) in [6, 6.07) is 10.1. The van der Waals surface area contributed by atoms with Gasteiger partial charge < -0.3 is 4.90 Å². The lowest BCUT2D eigenvalue weighted by Gasteiger charge is -2.20. The van der Waals surface area contributed by atoms with Crippen molar-refractivity contribution in [1.29, 1.82) is 5.26 Å². The first-order valence-electron chi connectivity index (χ1n) is 6.05. The Labute approximate surface area is 109 Å². The second-order valence-corrected chi connectivity index (χ2v) is 5.53. The van der Waals surface area contributed by atoms with Crippen molar-refractivity contribution in [2.75, 3.05) is 7.05 Å². The van der Waals surface area contributed by atoms with Crippen LogP contribution in [0.15, 0.2) is 24.3 Å². The summed E-state index contributed by atoms with van der Waals surface area (Å²) in [6.07, 6.45) is -0.0590. The van der Waals surface area contributed by atoms with E-state index in [2.05, 4.69) is 32.9 Å². The number of carbonyl (C=O) groups excluding carboxylic acids is 1. The van der Waals surface area contributed by atoms with E-state index in [0.717, 1.165) is 5.56 Å². The standard InChI is InChI=1S/C15H20N2O/c1-15(2,3)13-7-5-12(6-8-13)11-17(4)14(18)9-10-16/h5-8H,9,11H2,1-4H3. The van der Waals surface area contributed by atoms with Crippen molar-refractivity contribution >= 4 is 5.91 Å². The molecule has 1 amide bonds. The Bertz CT molecular complexity index is 449. The van der Waals surface area contributed by atoms with Crippen LogP contribution in [0.1, 0.15) is 38.3 Å². The Morgan fingerprint density at radius 1 is 1.28 bits per heavy atom. The minimum atomic E-state index is -0.141. The third-order valence-electron chi connectivity index (χ3n) is 2.90. The molecule has 96 valence electrons. The molecule has 0 bridgehead atoms. The molecule has 1 rings (SSSR count). The largest absolute Gasteiger partial charge is 0.341 e. The maximum absolute atomic E-state index is 11.5. The lowest BCUT2D eigenvalue weighted by molar-refractivity contribution is -0.129. The molecule has 1 aromatic carbocycles. The van der Waals surface area contributed by atoms with Crippen LogP contribution >= 0.6 is 0 Å². The molecular formula is C15H20N2O. The van der Waals surface area contributed by atoms with Gasteiger partial charge in [0.15, 0.2) is 0 Å². The van der Waals surface area contributed by atoms with Gasteiger partial charge in [-0.1, -0.05) is 45.0 Å². The molecule has 0 unspecified atom stereocenters. The van der Waals surface area contributed by atoms with Gasteiger partial charge in [0.25, 0.3) is 0 Å². The second kappa shape index (κ2) is 5.68. The smallest absolute Gasteiger partial charge is 0.236 e. The molecule has 0 N–H and O–H groups in total. The summed E-state index contributed by atoms with van der Waals surface area (Å²) in [4.78, 5) is 13.1. The van der Waals surface area contributed by atoms with Gasteiger partial charge in [0, 0.05) is 13.6 Å². The second-order valence-electron chi connectivity index (χ2n) is 5.53. The van der Waals surface area contributed by atoms with Gasteiger partial charge in [-0.25, -0.2) is 0 Å². The Balaban J connectivity index is 2.70. The van der Waals surface area contributed by atoms with E-state index in [0.29, 0.717) is 6.54 Å². The van der Waals surface area contributed by atoms with Gasteiger partial charge in [-0.15, -0.1) is 0 Å². The Morgan fingerprint density at radius 3 is 2.28 bits per heavy atom. The summed E-state index contributed by atoms with van der Waals surface area (Å²) in [5.41, 5.74) is 2.50. The zero-order valence-electron chi connectivity index (χ0n) is 11.5. The molecule has 0 heterocycles. The van der Waals surface area contributed by atoms with Gasteiger partial charge in [-0.2, -0.15) is 5.26 Å². The molecule has 0 aliphatic heterocycles. The van der Waals surface area contributed by atoms with Crippen molar-refractivity contribution < 1.29 is 4.79 Å². The SMILES string of the molecule is CN(Cc1ccc(C(C)(C)C)cc1)C(=O)CC#N. The summed E-state index contributed by atoms with van der Waals surface area (Å²) in [5.74, 6) is -0.141. The number of rotatable bonds is 3. The highest BCUT2D eigenvalue weighted by molar-refractivity contribution is 5.77. The molecule has 3 heteroatoms. The number of benzene rings is 1. The number of hydrogen-bond donors (Lipinski definition) is 0. The van der Waals surface area contributed by atoms with Crippen LogP contribution in [-0.4, -0.2) is 17.9 Å². The third-order valence-corrected chi connectivity index (χ3v) is 2.90. The van der Waals surface area contributed by atoms with Crippen molar-refractivity contribution in [3.63, 3.8) is 0 Å². The lowest BCUT2D eigenvalue weighted by atomic mass is 9.87. The molecule has 0 aliphatic carbocycles. The molecule has 0 aromatic heterocycles. The Hall–Kier alpha value is -1.82. The summed E-state index contributed by atoms with van der Waals surface area (Å²) in [5, 5.41) is 8.48. The topological polar surface area (TPSA) is 44.1 Å². The highest BCUT2D eigenvalue weighted by Gasteiger charge is 2.13. The predicted molar refractivity (Wildman–Crippen MR) is 71.8 cm³/mol. The van der Waals surface area contributed by atoms with Crippen molar-refractivity contribution in [2.24, 2.45) is 0 Å². The average molecular weight is 244 g/mol. The normalized spacial score (nSPS) is 10.8. The molecule has 0 aliphatic rings. The van der Waals surface area contributed by atoms with Gasteiger partial charge in [0.05, 0.1) is 6.07 Å². The first-order chi connectivity index (χ1) is 8.34. The number of carbonyl (C=O) groups is 1. The quantitative estimate of drug-likeness (QED) is 0.820. The fraction of sp³-hybridized carbons (Fsp3) is 0.467. The monoisotopic (exact) mass is 244 g/mol. The number of hydrogen-bond acceptors (Lipinski definition) is 2. The van der Waals surface area contributed by atoms with Crippen molar-refractivity contribution in [3.8, 4) is 6.07 Å². The fourth-order valence-corrected chi connectivity index (χ4v) is 1.67. The van der Waals surface area contributed by atoms with E-state index in [1.165, 1.54) is 5.56 Å². The molecule has 18 heavy (non-hydrogen) atoms. The van der Waals surface area contributed by atoms with Crippen LogP contribution in [0.4, 0.5) is 0 Å². The van der Waals surface area contributed by atoms with Crippen LogP contribution < -0.4 is 0 Å². The molecule has 0 saturated heterocycles. The Morgan fingerprint density at radius 2 is 1.83 bits per heavy atom. The molecule has 0 radical (unpaired) electrons. The number of nitrogens with zero attached hydrogens (tertiary/aromatic N) is 2. The zero-order valence-corrected chi connectivity index (χ0v) is 11.5. The van der Waals surface area contributed by atoms with E-state index >= 15 is 0 Å². The van der Waals surface area contributed by atoms with Gasteiger partial charge in [0.2, 0.25) is 5.91 Å². The molecular weight excluding hydrogens is 224 g/mol. The van der Waals surface area contributed by atoms with Gasteiger partial charge in [-0.05, 0) is 16.5 Å². The third kappa shape index (κ3) is 3.89. The van der Waals surface area contributed by atoms with Gasteiger partial charge >= 0.3 is 0 Å². The molecule has 0 fully saturated rings.